The van der Waals surface area contributed by atoms with E-state index in [-0.39, 0.29) is 5.91 Å². The molecule has 0 spiro atoms. The number of amides is 1. The number of benzene rings is 1. The van der Waals surface area contributed by atoms with Gasteiger partial charge < -0.3 is 14.8 Å². The third-order valence-electron chi connectivity index (χ3n) is 4.24. The largest absolute Gasteiger partial charge is 0.364 e. The van der Waals surface area contributed by atoms with Crippen LogP contribution in [0.4, 0.5) is 5.69 Å². The predicted molar refractivity (Wildman–Crippen MR) is 102 cm³/mol. The number of imidazole rings is 1. The molecule has 0 saturated carbocycles. The van der Waals surface area contributed by atoms with Crippen molar-refractivity contribution in [1.82, 2.24) is 19.9 Å². The molecular weight excluding hydrogens is 340 g/mol. The number of nitrogens with zero attached hydrogens (tertiary/aromatic N) is 5. The van der Waals surface area contributed by atoms with Gasteiger partial charge in [-0.1, -0.05) is 0 Å². The summed E-state index contributed by atoms with van der Waals surface area (Å²) >= 11 is 0. The van der Waals surface area contributed by atoms with Crippen LogP contribution in [0.1, 0.15) is 21.6 Å². The van der Waals surface area contributed by atoms with E-state index < -0.39 is 0 Å². The van der Waals surface area contributed by atoms with Crippen molar-refractivity contribution < 1.29 is 4.79 Å². The molecule has 0 radical (unpaired) electrons. The molecule has 0 aliphatic heterocycles. The zero-order valence-corrected chi connectivity index (χ0v) is 15.0. The van der Waals surface area contributed by atoms with Crippen LogP contribution in [0, 0.1) is 11.3 Å². The molecular formula is C20H20N6O. The van der Waals surface area contributed by atoms with Crippen molar-refractivity contribution in [2.75, 3.05) is 18.0 Å². The summed E-state index contributed by atoms with van der Waals surface area (Å²) in [6.07, 6.45) is 6.78. The quantitative estimate of drug-likeness (QED) is 0.697. The van der Waals surface area contributed by atoms with Crippen molar-refractivity contribution in [3.63, 3.8) is 0 Å². The van der Waals surface area contributed by atoms with Crippen LogP contribution >= 0.6 is 0 Å². The standard InChI is InChI=1S/C20H20N6O/c1-25-15-23-13-19(25)14-26(18-4-2-16(12-21)3-5-18)11-10-24-20(27)17-6-8-22-9-7-17/h2-9,13,15H,10-11,14H2,1H3,(H,24,27). The van der Waals surface area contributed by atoms with Crippen molar-refractivity contribution in [1.29, 1.82) is 5.26 Å². The molecule has 3 rings (SSSR count). The number of hydrogen-bond acceptors (Lipinski definition) is 5. The molecule has 7 heteroatoms. The Morgan fingerprint density at radius 3 is 2.56 bits per heavy atom. The van der Waals surface area contributed by atoms with Crippen LogP contribution in [0.3, 0.4) is 0 Å². The highest BCUT2D eigenvalue weighted by atomic mass is 16.1. The molecule has 2 heterocycles. The van der Waals surface area contributed by atoms with Gasteiger partial charge in [0.15, 0.2) is 0 Å². The van der Waals surface area contributed by atoms with Gasteiger partial charge in [0, 0.05) is 50.0 Å². The van der Waals surface area contributed by atoms with Gasteiger partial charge in [-0.25, -0.2) is 4.98 Å². The number of nitriles is 1. The molecule has 0 unspecified atom stereocenters. The molecule has 1 aromatic carbocycles. The Balaban J connectivity index is 1.68. The highest BCUT2D eigenvalue weighted by Crippen LogP contribution is 2.17. The molecule has 7 nitrogen and oxygen atoms in total. The van der Waals surface area contributed by atoms with E-state index in [0.717, 1.165) is 11.4 Å². The maximum absolute atomic E-state index is 12.2. The Morgan fingerprint density at radius 2 is 1.93 bits per heavy atom. The van der Waals surface area contributed by atoms with Crippen LogP contribution in [0.25, 0.3) is 0 Å². The topological polar surface area (TPSA) is 86.8 Å². The third-order valence-corrected chi connectivity index (χ3v) is 4.24. The second-order valence-corrected chi connectivity index (χ2v) is 6.07. The van der Waals surface area contributed by atoms with E-state index in [4.69, 9.17) is 5.26 Å². The number of rotatable bonds is 7. The first-order valence-corrected chi connectivity index (χ1v) is 8.56. The van der Waals surface area contributed by atoms with E-state index in [9.17, 15) is 4.79 Å². The van der Waals surface area contributed by atoms with Crippen LogP contribution in [0.15, 0.2) is 61.3 Å². The van der Waals surface area contributed by atoms with Crippen molar-refractivity contribution in [3.05, 3.63) is 78.1 Å². The molecule has 0 bridgehead atoms. The molecule has 27 heavy (non-hydrogen) atoms. The van der Waals surface area contributed by atoms with Gasteiger partial charge in [-0.05, 0) is 36.4 Å². The number of carbonyl (C=O) groups excluding carboxylic acids is 1. The maximum atomic E-state index is 12.2. The van der Waals surface area contributed by atoms with E-state index in [1.54, 1.807) is 43.0 Å². The van der Waals surface area contributed by atoms with E-state index in [1.165, 1.54) is 0 Å². The fourth-order valence-corrected chi connectivity index (χ4v) is 2.69. The first kappa shape index (κ1) is 18.1. The van der Waals surface area contributed by atoms with Gasteiger partial charge in [-0.3, -0.25) is 9.78 Å². The highest BCUT2D eigenvalue weighted by Gasteiger charge is 2.11. The first-order chi connectivity index (χ1) is 13.2. The van der Waals surface area contributed by atoms with Gasteiger partial charge >= 0.3 is 0 Å². The Kier molecular flexibility index (Phi) is 5.80. The van der Waals surface area contributed by atoms with E-state index in [0.29, 0.717) is 30.8 Å². The Hall–Kier alpha value is -3.66. The molecule has 1 amide bonds. The van der Waals surface area contributed by atoms with Gasteiger partial charge in [0.25, 0.3) is 5.91 Å². The van der Waals surface area contributed by atoms with Crippen molar-refractivity contribution in [2.24, 2.45) is 7.05 Å². The molecule has 0 fully saturated rings. The summed E-state index contributed by atoms with van der Waals surface area (Å²) < 4.78 is 1.96. The van der Waals surface area contributed by atoms with Crippen molar-refractivity contribution in [3.8, 4) is 6.07 Å². The summed E-state index contributed by atoms with van der Waals surface area (Å²) in [5.41, 5.74) is 3.24. The number of nitrogens with one attached hydrogen (secondary N) is 1. The zero-order chi connectivity index (χ0) is 19.1. The van der Waals surface area contributed by atoms with Gasteiger partial charge in [0.2, 0.25) is 0 Å². The van der Waals surface area contributed by atoms with E-state index in [2.05, 4.69) is 26.3 Å². The van der Waals surface area contributed by atoms with Crippen LogP contribution in [-0.2, 0) is 13.6 Å². The molecule has 0 aliphatic carbocycles. The summed E-state index contributed by atoms with van der Waals surface area (Å²) in [5, 5.41) is 11.9. The van der Waals surface area contributed by atoms with Gasteiger partial charge in [-0.2, -0.15) is 5.26 Å². The molecule has 3 aromatic rings. The van der Waals surface area contributed by atoms with E-state index >= 15 is 0 Å². The minimum absolute atomic E-state index is 0.127. The average molecular weight is 360 g/mol. The van der Waals surface area contributed by atoms with Crippen LogP contribution in [0.2, 0.25) is 0 Å². The average Bonchev–Trinajstić information content (AvgIpc) is 3.12. The summed E-state index contributed by atoms with van der Waals surface area (Å²) in [6, 6.07) is 12.9. The fraction of sp³-hybridized carbons (Fsp3) is 0.200. The lowest BCUT2D eigenvalue weighted by Crippen LogP contribution is -2.35. The number of hydrogen-bond donors (Lipinski definition) is 1. The molecule has 0 saturated heterocycles. The highest BCUT2D eigenvalue weighted by molar-refractivity contribution is 5.93. The Labute approximate surface area is 157 Å². The lowest BCUT2D eigenvalue weighted by Gasteiger charge is -2.25. The van der Waals surface area contributed by atoms with Crippen molar-refractivity contribution >= 4 is 11.6 Å². The number of carbonyl (C=O) groups is 1. The molecule has 0 atom stereocenters. The maximum Gasteiger partial charge on any atom is 0.251 e. The summed E-state index contributed by atoms with van der Waals surface area (Å²) in [4.78, 5) is 22.4. The second kappa shape index (κ2) is 8.63. The van der Waals surface area contributed by atoms with Crippen LogP contribution in [0.5, 0.6) is 0 Å². The SMILES string of the molecule is Cn1cncc1CN(CCNC(=O)c1ccncc1)c1ccc(C#N)cc1. The summed E-state index contributed by atoms with van der Waals surface area (Å²) in [5.74, 6) is -0.127. The first-order valence-electron chi connectivity index (χ1n) is 8.56. The number of pyridine rings is 1. The smallest absolute Gasteiger partial charge is 0.251 e. The number of aromatic nitrogens is 3. The number of aryl methyl sites for hydroxylation is 1. The minimum atomic E-state index is -0.127. The lowest BCUT2D eigenvalue weighted by atomic mass is 10.2. The summed E-state index contributed by atoms with van der Waals surface area (Å²) in [7, 11) is 1.95. The number of anilines is 1. The predicted octanol–water partition coefficient (Wildman–Crippen LogP) is 2.12. The molecule has 0 aliphatic rings. The monoisotopic (exact) mass is 360 g/mol. The Morgan fingerprint density at radius 1 is 1.19 bits per heavy atom. The second-order valence-electron chi connectivity index (χ2n) is 6.07. The zero-order valence-electron chi connectivity index (χ0n) is 15.0. The van der Waals surface area contributed by atoms with E-state index in [1.807, 2.05) is 29.9 Å². The van der Waals surface area contributed by atoms with Crippen LogP contribution in [-0.4, -0.2) is 33.5 Å². The normalized spacial score (nSPS) is 10.2. The van der Waals surface area contributed by atoms with Gasteiger partial charge in [0.1, 0.15) is 0 Å². The molecule has 1 N–H and O–H groups in total. The van der Waals surface area contributed by atoms with Gasteiger partial charge in [0.05, 0.1) is 30.2 Å². The third kappa shape index (κ3) is 4.70. The summed E-state index contributed by atoms with van der Waals surface area (Å²) in [6.45, 7) is 1.75. The van der Waals surface area contributed by atoms with Gasteiger partial charge in [-0.15, -0.1) is 0 Å². The van der Waals surface area contributed by atoms with Crippen molar-refractivity contribution in [2.45, 2.75) is 6.54 Å². The van der Waals surface area contributed by atoms with Crippen LogP contribution < -0.4 is 10.2 Å². The Bertz CT molecular complexity index is 927. The lowest BCUT2D eigenvalue weighted by molar-refractivity contribution is 0.0954. The molecule has 136 valence electrons. The molecule has 2 aromatic heterocycles. The fourth-order valence-electron chi connectivity index (χ4n) is 2.69. The minimum Gasteiger partial charge on any atom is -0.364 e.